The Balaban J connectivity index is 3.69. The van der Waals surface area contributed by atoms with Crippen LogP contribution in [-0.4, -0.2) is 22.4 Å². The average Bonchev–Trinajstić information content (AvgIpc) is 2.04. The van der Waals surface area contributed by atoms with Crippen LogP contribution >= 0.6 is 0 Å². The van der Waals surface area contributed by atoms with Gasteiger partial charge in [0.1, 0.15) is 0 Å². The fourth-order valence-corrected chi connectivity index (χ4v) is 1.21. The molecule has 0 fully saturated rings. The van der Waals surface area contributed by atoms with E-state index in [1.54, 1.807) is 0 Å². The Kier molecular flexibility index (Phi) is 6.03. The molecule has 0 spiro atoms. The summed E-state index contributed by atoms with van der Waals surface area (Å²) < 4.78 is 0. The van der Waals surface area contributed by atoms with Gasteiger partial charge in [0.2, 0.25) is 0 Å². The van der Waals surface area contributed by atoms with E-state index in [4.69, 9.17) is 0 Å². The molecule has 0 heterocycles. The van der Waals surface area contributed by atoms with Crippen molar-refractivity contribution >= 4 is 0 Å². The van der Waals surface area contributed by atoms with Crippen molar-refractivity contribution in [2.45, 2.75) is 45.3 Å². The van der Waals surface area contributed by atoms with Crippen LogP contribution in [0.4, 0.5) is 0 Å². The molecule has 2 N–H and O–H groups in total. The lowest BCUT2D eigenvalue weighted by Gasteiger charge is -2.19. The Labute approximate surface area is 74.9 Å². The second-order valence-electron chi connectivity index (χ2n) is 3.37. The molecule has 3 unspecified atom stereocenters. The SMILES string of the molecule is C=CC(O)CC(C)C(O)CCC. The van der Waals surface area contributed by atoms with E-state index in [0.29, 0.717) is 6.42 Å². The molecule has 0 amide bonds. The smallest absolute Gasteiger partial charge is 0.0721 e. The third-order valence-electron chi connectivity index (χ3n) is 2.13. The van der Waals surface area contributed by atoms with Crippen LogP contribution in [0.25, 0.3) is 0 Å². The van der Waals surface area contributed by atoms with Crippen molar-refractivity contribution in [3.63, 3.8) is 0 Å². The first kappa shape index (κ1) is 11.7. The van der Waals surface area contributed by atoms with Gasteiger partial charge in [0.15, 0.2) is 0 Å². The van der Waals surface area contributed by atoms with Gasteiger partial charge in [-0.15, -0.1) is 6.58 Å². The van der Waals surface area contributed by atoms with Crippen molar-refractivity contribution in [2.24, 2.45) is 5.92 Å². The third kappa shape index (κ3) is 4.52. The van der Waals surface area contributed by atoms with Gasteiger partial charge in [-0.2, -0.15) is 0 Å². The maximum Gasteiger partial charge on any atom is 0.0721 e. The van der Waals surface area contributed by atoms with Crippen molar-refractivity contribution in [2.75, 3.05) is 0 Å². The van der Waals surface area contributed by atoms with Gasteiger partial charge in [-0.3, -0.25) is 0 Å². The quantitative estimate of drug-likeness (QED) is 0.599. The molecule has 0 aromatic carbocycles. The summed E-state index contributed by atoms with van der Waals surface area (Å²) in [6.07, 6.45) is 3.14. The maximum absolute atomic E-state index is 9.52. The molecule has 0 aliphatic rings. The molecule has 0 saturated heterocycles. The van der Waals surface area contributed by atoms with E-state index in [1.807, 2.05) is 13.8 Å². The summed E-state index contributed by atoms with van der Waals surface area (Å²) in [5.41, 5.74) is 0. The molecule has 0 rings (SSSR count). The fourth-order valence-electron chi connectivity index (χ4n) is 1.21. The standard InChI is InChI=1S/C10H20O2/c1-4-6-10(12)8(3)7-9(11)5-2/h5,8-12H,2,4,6-7H2,1,3H3. The summed E-state index contributed by atoms with van der Waals surface area (Å²) in [6.45, 7) is 7.48. The van der Waals surface area contributed by atoms with Gasteiger partial charge in [0, 0.05) is 0 Å². The Morgan fingerprint density at radius 2 is 2.00 bits per heavy atom. The van der Waals surface area contributed by atoms with Crippen LogP contribution in [-0.2, 0) is 0 Å². The normalized spacial score (nSPS) is 18.3. The maximum atomic E-state index is 9.52. The van der Waals surface area contributed by atoms with Crippen LogP contribution in [0.3, 0.4) is 0 Å². The summed E-state index contributed by atoms with van der Waals surface area (Å²) in [5.74, 6) is 0.151. The van der Waals surface area contributed by atoms with Gasteiger partial charge in [-0.1, -0.05) is 26.3 Å². The number of aliphatic hydroxyl groups is 2. The van der Waals surface area contributed by atoms with Gasteiger partial charge in [-0.25, -0.2) is 0 Å². The molecule has 2 heteroatoms. The minimum absolute atomic E-state index is 0.151. The Morgan fingerprint density at radius 3 is 2.42 bits per heavy atom. The lowest BCUT2D eigenvalue weighted by atomic mass is 9.95. The summed E-state index contributed by atoms with van der Waals surface area (Å²) >= 11 is 0. The predicted octanol–water partition coefficient (Wildman–Crippen LogP) is 1.72. The van der Waals surface area contributed by atoms with Crippen LogP contribution in [0.1, 0.15) is 33.1 Å². The average molecular weight is 172 g/mol. The third-order valence-corrected chi connectivity index (χ3v) is 2.13. The summed E-state index contributed by atoms with van der Waals surface area (Å²) in [5, 5.41) is 18.7. The Bertz CT molecular complexity index is 123. The van der Waals surface area contributed by atoms with Crippen LogP contribution in [0, 0.1) is 5.92 Å². The Morgan fingerprint density at radius 1 is 1.42 bits per heavy atom. The molecular formula is C10H20O2. The largest absolute Gasteiger partial charge is 0.393 e. The molecule has 0 bridgehead atoms. The summed E-state index contributed by atoms with van der Waals surface area (Å²) in [6, 6.07) is 0. The monoisotopic (exact) mass is 172 g/mol. The lowest BCUT2D eigenvalue weighted by Crippen LogP contribution is -2.21. The molecule has 2 nitrogen and oxygen atoms in total. The molecule has 72 valence electrons. The molecule has 3 atom stereocenters. The topological polar surface area (TPSA) is 40.5 Å². The predicted molar refractivity (Wildman–Crippen MR) is 50.9 cm³/mol. The highest BCUT2D eigenvalue weighted by molar-refractivity contribution is 4.81. The molecule has 0 saturated carbocycles. The summed E-state index contributed by atoms with van der Waals surface area (Å²) in [7, 11) is 0. The highest BCUT2D eigenvalue weighted by Gasteiger charge is 2.15. The van der Waals surface area contributed by atoms with Gasteiger partial charge < -0.3 is 10.2 Å². The first-order valence-corrected chi connectivity index (χ1v) is 4.60. The molecule has 0 aliphatic heterocycles. The van der Waals surface area contributed by atoms with E-state index in [-0.39, 0.29) is 12.0 Å². The molecule has 0 aromatic heterocycles. The second kappa shape index (κ2) is 6.21. The molecule has 0 radical (unpaired) electrons. The highest BCUT2D eigenvalue weighted by atomic mass is 16.3. The first-order chi connectivity index (χ1) is 5.61. The van der Waals surface area contributed by atoms with E-state index < -0.39 is 6.10 Å². The Hall–Kier alpha value is -0.340. The van der Waals surface area contributed by atoms with Crippen LogP contribution < -0.4 is 0 Å². The van der Waals surface area contributed by atoms with Crippen LogP contribution in [0.15, 0.2) is 12.7 Å². The van der Waals surface area contributed by atoms with Gasteiger partial charge >= 0.3 is 0 Å². The van der Waals surface area contributed by atoms with Gasteiger partial charge in [0.05, 0.1) is 12.2 Å². The van der Waals surface area contributed by atoms with E-state index in [1.165, 1.54) is 6.08 Å². The van der Waals surface area contributed by atoms with E-state index in [2.05, 4.69) is 6.58 Å². The number of rotatable bonds is 6. The van der Waals surface area contributed by atoms with Crippen molar-refractivity contribution in [3.8, 4) is 0 Å². The highest BCUT2D eigenvalue weighted by Crippen LogP contribution is 2.15. The number of hydrogen-bond donors (Lipinski definition) is 2. The number of aliphatic hydroxyl groups excluding tert-OH is 2. The minimum Gasteiger partial charge on any atom is -0.393 e. The fraction of sp³-hybridized carbons (Fsp3) is 0.800. The van der Waals surface area contributed by atoms with E-state index in [0.717, 1.165) is 12.8 Å². The van der Waals surface area contributed by atoms with E-state index in [9.17, 15) is 10.2 Å². The van der Waals surface area contributed by atoms with Crippen molar-refractivity contribution < 1.29 is 10.2 Å². The summed E-state index contributed by atoms with van der Waals surface area (Å²) in [4.78, 5) is 0. The van der Waals surface area contributed by atoms with Crippen LogP contribution in [0.5, 0.6) is 0 Å². The van der Waals surface area contributed by atoms with E-state index >= 15 is 0 Å². The lowest BCUT2D eigenvalue weighted by molar-refractivity contribution is 0.0768. The molecule has 0 aromatic rings. The van der Waals surface area contributed by atoms with Crippen molar-refractivity contribution in [1.82, 2.24) is 0 Å². The zero-order valence-corrected chi connectivity index (χ0v) is 8.03. The number of hydrogen-bond acceptors (Lipinski definition) is 2. The zero-order valence-electron chi connectivity index (χ0n) is 8.03. The van der Waals surface area contributed by atoms with Crippen molar-refractivity contribution in [3.05, 3.63) is 12.7 Å². The minimum atomic E-state index is -0.480. The molecular weight excluding hydrogens is 152 g/mol. The van der Waals surface area contributed by atoms with Crippen molar-refractivity contribution in [1.29, 1.82) is 0 Å². The molecule has 0 aliphatic carbocycles. The van der Waals surface area contributed by atoms with Crippen LogP contribution in [0.2, 0.25) is 0 Å². The zero-order chi connectivity index (χ0) is 9.56. The first-order valence-electron chi connectivity index (χ1n) is 4.60. The van der Waals surface area contributed by atoms with Gasteiger partial charge in [0.25, 0.3) is 0 Å². The van der Waals surface area contributed by atoms with Gasteiger partial charge in [-0.05, 0) is 18.8 Å². The molecule has 12 heavy (non-hydrogen) atoms. The second-order valence-corrected chi connectivity index (χ2v) is 3.37.